The van der Waals surface area contributed by atoms with Crippen molar-refractivity contribution < 1.29 is 14.3 Å². The van der Waals surface area contributed by atoms with E-state index < -0.39 is 5.92 Å². The first-order valence-electron chi connectivity index (χ1n) is 6.12. The van der Waals surface area contributed by atoms with Crippen LogP contribution in [0.2, 0.25) is 0 Å². The normalized spacial score (nSPS) is 15.6. The number of benzene rings is 2. The zero-order valence-electron chi connectivity index (χ0n) is 10.8. The third kappa shape index (κ3) is 1.62. The first kappa shape index (κ1) is 11.8. The van der Waals surface area contributed by atoms with Crippen molar-refractivity contribution in [3.05, 3.63) is 53.6 Å². The smallest absolute Gasteiger partial charge is 0.317 e. The number of esters is 1. The van der Waals surface area contributed by atoms with E-state index in [0.717, 1.165) is 28.0 Å². The molecule has 0 N–H and O–H groups in total. The van der Waals surface area contributed by atoms with Gasteiger partial charge in [-0.25, -0.2) is 0 Å². The Hall–Kier alpha value is -2.29. The Morgan fingerprint density at radius 3 is 2.47 bits per heavy atom. The van der Waals surface area contributed by atoms with Gasteiger partial charge in [0.25, 0.3) is 0 Å². The number of hydrogen-bond acceptors (Lipinski definition) is 3. The van der Waals surface area contributed by atoms with Crippen LogP contribution in [0.5, 0.6) is 5.75 Å². The lowest BCUT2D eigenvalue weighted by molar-refractivity contribution is -0.141. The van der Waals surface area contributed by atoms with Gasteiger partial charge in [0.2, 0.25) is 0 Å². The van der Waals surface area contributed by atoms with Gasteiger partial charge in [-0.05, 0) is 22.8 Å². The van der Waals surface area contributed by atoms with E-state index in [2.05, 4.69) is 0 Å². The average Bonchev–Trinajstić information content (AvgIpc) is 2.81. The van der Waals surface area contributed by atoms with Crippen LogP contribution in [0.15, 0.2) is 42.5 Å². The number of fused-ring (bicyclic) bond motifs is 3. The van der Waals surface area contributed by atoms with Gasteiger partial charge in [-0.2, -0.15) is 0 Å². The van der Waals surface area contributed by atoms with Crippen LogP contribution in [0.4, 0.5) is 0 Å². The van der Waals surface area contributed by atoms with Crippen LogP contribution in [0.25, 0.3) is 11.1 Å². The van der Waals surface area contributed by atoms with Crippen LogP contribution < -0.4 is 4.74 Å². The Morgan fingerprint density at radius 1 is 1.00 bits per heavy atom. The molecule has 0 bridgehead atoms. The lowest BCUT2D eigenvalue weighted by Gasteiger charge is -2.13. The van der Waals surface area contributed by atoms with Crippen molar-refractivity contribution in [1.82, 2.24) is 0 Å². The van der Waals surface area contributed by atoms with Gasteiger partial charge in [0.05, 0.1) is 14.2 Å². The quantitative estimate of drug-likeness (QED) is 0.773. The fraction of sp³-hybridized carbons (Fsp3) is 0.188. The van der Waals surface area contributed by atoms with Crippen LogP contribution in [-0.2, 0) is 9.53 Å². The van der Waals surface area contributed by atoms with Gasteiger partial charge in [0.1, 0.15) is 11.7 Å². The second-order valence-electron chi connectivity index (χ2n) is 4.46. The zero-order valence-corrected chi connectivity index (χ0v) is 10.8. The van der Waals surface area contributed by atoms with Crippen LogP contribution in [0.3, 0.4) is 0 Å². The second-order valence-corrected chi connectivity index (χ2v) is 4.46. The van der Waals surface area contributed by atoms with Crippen LogP contribution in [0.1, 0.15) is 17.0 Å². The summed E-state index contributed by atoms with van der Waals surface area (Å²) in [5, 5.41) is 0. The summed E-state index contributed by atoms with van der Waals surface area (Å²) in [6, 6.07) is 13.7. The second kappa shape index (κ2) is 4.43. The van der Waals surface area contributed by atoms with E-state index in [1.165, 1.54) is 7.11 Å². The van der Waals surface area contributed by atoms with Gasteiger partial charge in [-0.1, -0.05) is 36.4 Å². The van der Waals surface area contributed by atoms with Gasteiger partial charge in [-0.15, -0.1) is 0 Å². The van der Waals surface area contributed by atoms with E-state index >= 15 is 0 Å². The van der Waals surface area contributed by atoms with E-state index in [1.54, 1.807) is 7.11 Å². The molecule has 2 aromatic carbocycles. The maximum absolute atomic E-state index is 12.1. The van der Waals surface area contributed by atoms with E-state index in [0.29, 0.717) is 0 Å². The number of carbonyl (C=O) groups excluding carboxylic acids is 1. The average molecular weight is 254 g/mol. The summed E-state index contributed by atoms with van der Waals surface area (Å²) in [7, 11) is 3.03. The van der Waals surface area contributed by atoms with Gasteiger partial charge in [-0.3, -0.25) is 4.79 Å². The molecule has 3 rings (SSSR count). The molecular weight excluding hydrogens is 240 g/mol. The highest BCUT2D eigenvalue weighted by Gasteiger charge is 2.36. The van der Waals surface area contributed by atoms with Crippen LogP contribution in [0, 0.1) is 0 Å². The van der Waals surface area contributed by atoms with Crippen molar-refractivity contribution in [2.45, 2.75) is 5.92 Å². The maximum Gasteiger partial charge on any atom is 0.317 e. The predicted molar refractivity (Wildman–Crippen MR) is 72.3 cm³/mol. The maximum atomic E-state index is 12.1. The molecule has 0 aliphatic heterocycles. The molecule has 0 radical (unpaired) electrons. The predicted octanol–water partition coefficient (Wildman–Crippen LogP) is 2.98. The lowest BCUT2D eigenvalue weighted by atomic mass is 9.96. The molecule has 0 amide bonds. The largest absolute Gasteiger partial charge is 0.496 e. The minimum Gasteiger partial charge on any atom is -0.496 e. The Labute approximate surface area is 111 Å². The molecule has 96 valence electrons. The van der Waals surface area contributed by atoms with E-state index in [-0.39, 0.29) is 5.97 Å². The summed E-state index contributed by atoms with van der Waals surface area (Å²) < 4.78 is 10.4. The molecule has 1 aliphatic carbocycles. The molecule has 1 aliphatic rings. The first-order valence-corrected chi connectivity index (χ1v) is 6.12. The summed E-state index contributed by atoms with van der Waals surface area (Å²) in [6.07, 6.45) is 0. The molecule has 1 atom stereocenters. The SMILES string of the molecule is COC(=O)C1c2ccccc2-c2cccc(OC)c21. The summed E-state index contributed by atoms with van der Waals surface area (Å²) in [5.74, 6) is 0.0761. The zero-order chi connectivity index (χ0) is 13.4. The molecule has 3 heteroatoms. The fourth-order valence-electron chi connectivity index (χ4n) is 2.77. The lowest BCUT2D eigenvalue weighted by Crippen LogP contribution is -2.13. The molecule has 0 saturated carbocycles. The molecule has 0 heterocycles. The number of methoxy groups -OCH3 is 2. The molecule has 3 nitrogen and oxygen atoms in total. The molecule has 0 aromatic heterocycles. The van der Waals surface area contributed by atoms with Gasteiger partial charge < -0.3 is 9.47 Å². The number of ether oxygens (including phenoxy) is 2. The topological polar surface area (TPSA) is 35.5 Å². The van der Waals surface area contributed by atoms with Gasteiger partial charge in [0, 0.05) is 5.56 Å². The Kier molecular flexibility index (Phi) is 2.75. The summed E-state index contributed by atoms with van der Waals surface area (Å²) >= 11 is 0. The first-order chi connectivity index (χ1) is 9.27. The Morgan fingerprint density at radius 2 is 1.74 bits per heavy atom. The number of rotatable bonds is 2. The minimum absolute atomic E-state index is 0.254. The fourth-order valence-corrected chi connectivity index (χ4v) is 2.77. The summed E-state index contributed by atoms with van der Waals surface area (Å²) in [5.41, 5.74) is 4.00. The Balaban J connectivity index is 2.30. The number of carbonyl (C=O) groups is 1. The summed E-state index contributed by atoms with van der Waals surface area (Å²) in [4.78, 5) is 12.1. The molecule has 19 heavy (non-hydrogen) atoms. The third-order valence-corrected chi connectivity index (χ3v) is 3.57. The van der Waals surface area contributed by atoms with Crippen molar-refractivity contribution >= 4 is 5.97 Å². The highest BCUT2D eigenvalue weighted by Crippen LogP contribution is 2.48. The highest BCUT2D eigenvalue weighted by atomic mass is 16.5. The van der Waals surface area contributed by atoms with Crippen molar-refractivity contribution in [3.63, 3.8) is 0 Å². The highest BCUT2D eigenvalue weighted by molar-refractivity contribution is 5.94. The summed E-state index contributed by atoms with van der Waals surface area (Å²) in [6.45, 7) is 0. The monoisotopic (exact) mass is 254 g/mol. The van der Waals surface area contributed by atoms with Crippen LogP contribution in [-0.4, -0.2) is 20.2 Å². The molecular formula is C16H14O3. The molecule has 0 saturated heterocycles. The van der Waals surface area contributed by atoms with E-state index in [1.807, 2.05) is 42.5 Å². The minimum atomic E-state index is -0.396. The van der Waals surface area contributed by atoms with Gasteiger partial charge >= 0.3 is 5.97 Å². The molecule has 1 unspecified atom stereocenters. The number of hydrogen-bond donors (Lipinski definition) is 0. The van der Waals surface area contributed by atoms with Crippen molar-refractivity contribution in [2.75, 3.05) is 14.2 Å². The molecule has 0 spiro atoms. The van der Waals surface area contributed by atoms with Crippen molar-refractivity contribution in [2.24, 2.45) is 0 Å². The van der Waals surface area contributed by atoms with E-state index in [4.69, 9.17) is 9.47 Å². The third-order valence-electron chi connectivity index (χ3n) is 3.57. The molecule has 0 fully saturated rings. The van der Waals surface area contributed by atoms with Crippen LogP contribution >= 0.6 is 0 Å². The standard InChI is InChI=1S/C16H14O3/c1-18-13-9-5-8-11-10-6-3-4-7-12(10)15(14(11)13)16(17)19-2/h3-9,15H,1-2H3. The molecule has 2 aromatic rings. The van der Waals surface area contributed by atoms with Crippen molar-refractivity contribution in [3.8, 4) is 16.9 Å². The Bertz CT molecular complexity index is 646. The van der Waals surface area contributed by atoms with Gasteiger partial charge in [0.15, 0.2) is 0 Å². The van der Waals surface area contributed by atoms with Crippen molar-refractivity contribution in [1.29, 1.82) is 0 Å². The van der Waals surface area contributed by atoms with E-state index in [9.17, 15) is 4.79 Å².